The van der Waals surface area contributed by atoms with Gasteiger partial charge in [0.1, 0.15) is 5.82 Å². The van der Waals surface area contributed by atoms with Crippen LogP contribution in [0, 0.1) is 0 Å². The summed E-state index contributed by atoms with van der Waals surface area (Å²) >= 11 is 0. The van der Waals surface area contributed by atoms with Crippen molar-refractivity contribution in [3.05, 3.63) is 42.1 Å². The first kappa shape index (κ1) is 10.9. The predicted octanol–water partition coefficient (Wildman–Crippen LogP) is 0.901. The molecule has 0 fully saturated rings. The molecule has 6 heteroatoms. The summed E-state index contributed by atoms with van der Waals surface area (Å²) in [6, 6.07) is 8.33. The van der Waals surface area contributed by atoms with Crippen LogP contribution in [0.5, 0.6) is 0 Å². The number of carbonyl (C=O) groups excluding carboxylic acids is 1. The van der Waals surface area contributed by atoms with Crippen LogP contribution in [0.15, 0.2) is 36.5 Å². The fourth-order valence-corrected chi connectivity index (χ4v) is 1.31. The van der Waals surface area contributed by atoms with E-state index in [2.05, 4.69) is 15.3 Å². The number of nitrogens with two attached hydrogens (primary N) is 2. The van der Waals surface area contributed by atoms with Crippen molar-refractivity contribution in [1.82, 2.24) is 9.97 Å². The standard InChI is InChI=1S/C11H11N5O/c12-9-4-5-14-11(16-9)15-8-3-1-2-7(6-8)10(13)17/h1-6H,(H2,13,17)(H3,12,14,15,16). The smallest absolute Gasteiger partial charge is 0.248 e. The van der Waals surface area contributed by atoms with Crippen molar-refractivity contribution in [1.29, 1.82) is 0 Å². The maximum atomic E-state index is 11.0. The van der Waals surface area contributed by atoms with E-state index in [0.717, 1.165) is 0 Å². The Morgan fingerprint density at radius 3 is 2.82 bits per heavy atom. The van der Waals surface area contributed by atoms with Crippen LogP contribution in [-0.2, 0) is 0 Å². The largest absolute Gasteiger partial charge is 0.384 e. The van der Waals surface area contributed by atoms with Crippen molar-refractivity contribution in [2.45, 2.75) is 0 Å². The Labute approximate surface area is 97.7 Å². The van der Waals surface area contributed by atoms with E-state index in [9.17, 15) is 4.79 Å². The average Bonchev–Trinajstić information content (AvgIpc) is 2.29. The second-order valence-electron chi connectivity index (χ2n) is 3.38. The lowest BCUT2D eigenvalue weighted by molar-refractivity contribution is 0.100. The Morgan fingerprint density at radius 2 is 2.12 bits per heavy atom. The molecule has 0 aliphatic rings. The van der Waals surface area contributed by atoms with Crippen LogP contribution in [0.25, 0.3) is 0 Å². The minimum absolute atomic E-state index is 0.367. The number of nitrogen functional groups attached to an aromatic ring is 1. The second-order valence-corrected chi connectivity index (χ2v) is 3.38. The van der Waals surface area contributed by atoms with E-state index in [1.54, 1.807) is 36.5 Å². The number of primary amides is 1. The van der Waals surface area contributed by atoms with Crippen LogP contribution in [0.3, 0.4) is 0 Å². The first-order valence-corrected chi connectivity index (χ1v) is 4.90. The van der Waals surface area contributed by atoms with Crippen molar-refractivity contribution in [2.24, 2.45) is 5.73 Å². The topological polar surface area (TPSA) is 107 Å². The first-order valence-electron chi connectivity index (χ1n) is 4.90. The van der Waals surface area contributed by atoms with E-state index in [0.29, 0.717) is 23.0 Å². The normalized spacial score (nSPS) is 9.88. The Balaban J connectivity index is 2.24. The summed E-state index contributed by atoms with van der Waals surface area (Å²) in [5.41, 5.74) is 11.8. The molecular weight excluding hydrogens is 218 g/mol. The van der Waals surface area contributed by atoms with E-state index in [1.165, 1.54) is 0 Å². The zero-order valence-corrected chi connectivity index (χ0v) is 8.92. The van der Waals surface area contributed by atoms with Gasteiger partial charge in [-0.25, -0.2) is 4.98 Å². The molecule has 1 aromatic heterocycles. The molecule has 2 rings (SSSR count). The number of rotatable bonds is 3. The number of hydrogen-bond acceptors (Lipinski definition) is 5. The lowest BCUT2D eigenvalue weighted by Gasteiger charge is -2.05. The van der Waals surface area contributed by atoms with Gasteiger partial charge in [-0.05, 0) is 24.3 Å². The number of carbonyl (C=O) groups is 1. The Morgan fingerprint density at radius 1 is 1.29 bits per heavy atom. The maximum absolute atomic E-state index is 11.0. The highest BCUT2D eigenvalue weighted by molar-refractivity contribution is 5.93. The van der Waals surface area contributed by atoms with Gasteiger partial charge >= 0.3 is 0 Å². The zero-order chi connectivity index (χ0) is 12.3. The summed E-state index contributed by atoms with van der Waals surface area (Å²) in [7, 11) is 0. The minimum Gasteiger partial charge on any atom is -0.384 e. The molecule has 17 heavy (non-hydrogen) atoms. The molecular formula is C11H11N5O. The fraction of sp³-hybridized carbons (Fsp3) is 0. The summed E-state index contributed by atoms with van der Waals surface area (Å²) in [6.07, 6.45) is 1.54. The first-order chi connectivity index (χ1) is 8.15. The number of anilines is 3. The molecule has 1 aromatic carbocycles. The van der Waals surface area contributed by atoms with Gasteiger partial charge in [-0.2, -0.15) is 4.98 Å². The van der Waals surface area contributed by atoms with Gasteiger partial charge in [-0.1, -0.05) is 6.07 Å². The van der Waals surface area contributed by atoms with E-state index < -0.39 is 5.91 Å². The average molecular weight is 229 g/mol. The van der Waals surface area contributed by atoms with Crippen LogP contribution in [0.2, 0.25) is 0 Å². The molecule has 5 N–H and O–H groups in total. The summed E-state index contributed by atoms with van der Waals surface area (Å²) in [5, 5.41) is 2.93. The lowest BCUT2D eigenvalue weighted by Crippen LogP contribution is -2.11. The maximum Gasteiger partial charge on any atom is 0.248 e. The van der Waals surface area contributed by atoms with E-state index >= 15 is 0 Å². The Bertz CT molecular complexity index is 555. The van der Waals surface area contributed by atoms with Gasteiger partial charge < -0.3 is 16.8 Å². The minimum atomic E-state index is -0.484. The highest BCUT2D eigenvalue weighted by Crippen LogP contribution is 2.14. The molecule has 1 heterocycles. The van der Waals surface area contributed by atoms with Gasteiger partial charge in [-0.3, -0.25) is 4.79 Å². The molecule has 1 amide bonds. The molecule has 0 atom stereocenters. The highest BCUT2D eigenvalue weighted by Gasteiger charge is 2.02. The van der Waals surface area contributed by atoms with Crippen molar-refractivity contribution in [3.63, 3.8) is 0 Å². The lowest BCUT2D eigenvalue weighted by atomic mass is 10.2. The quantitative estimate of drug-likeness (QED) is 0.724. The summed E-state index contributed by atoms with van der Waals surface area (Å²) < 4.78 is 0. The molecule has 0 aliphatic carbocycles. The molecule has 0 spiro atoms. The predicted molar refractivity (Wildman–Crippen MR) is 64.7 cm³/mol. The van der Waals surface area contributed by atoms with Gasteiger partial charge in [0, 0.05) is 17.4 Å². The number of nitrogens with zero attached hydrogens (tertiary/aromatic N) is 2. The van der Waals surface area contributed by atoms with Crippen LogP contribution in [0.1, 0.15) is 10.4 Å². The molecule has 0 unspecified atom stereocenters. The van der Waals surface area contributed by atoms with Gasteiger partial charge in [0.25, 0.3) is 0 Å². The molecule has 0 saturated carbocycles. The van der Waals surface area contributed by atoms with Crippen LogP contribution >= 0.6 is 0 Å². The molecule has 86 valence electrons. The van der Waals surface area contributed by atoms with Crippen molar-refractivity contribution in [3.8, 4) is 0 Å². The Kier molecular flexibility index (Phi) is 2.87. The second kappa shape index (κ2) is 4.48. The number of amides is 1. The van der Waals surface area contributed by atoms with Crippen molar-refractivity contribution >= 4 is 23.4 Å². The highest BCUT2D eigenvalue weighted by atomic mass is 16.1. The zero-order valence-electron chi connectivity index (χ0n) is 8.92. The number of hydrogen-bond donors (Lipinski definition) is 3. The molecule has 2 aromatic rings. The van der Waals surface area contributed by atoms with Crippen LogP contribution in [0.4, 0.5) is 17.5 Å². The van der Waals surface area contributed by atoms with Crippen molar-refractivity contribution < 1.29 is 4.79 Å². The number of benzene rings is 1. The van der Waals surface area contributed by atoms with Gasteiger partial charge in [0.2, 0.25) is 11.9 Å². The summed E-state index contributed by atoms with van der Waals surface area (Å²) in [5.74, 6) is 0.252. The molecule has 0 bridgehead atoms. The number of nitrogens with one attached hydrogen (secondary N) is 1. The van der Waals surface area contributed by atoms with Gasteiger partial charge in [0.05, 0.1) is 0 Å². The monoisotopic (exact) mass is 229 g/mol. The molecule has 0 saturated heterocycles. The van der Waals surface area contributed by atoms with Gasteiger partial charge in [0.15, 0.2) is 0 Å². The molecule has 0 aliphatic heterocycles. The fourth-order valence-electron chi connectivity index (χ4n) is 1.31. The summed E-state index contributed by atoms with van der Waals surface area (Å²) in [6.45, 7) is 0. The molecule has 0 radical (unpaired) electrons. The van der Waals surface area contributed by atoms with Crippen molar-refractivity contribution in [2.75, 3.05) is 11.1 Å². The third-order valence-electron chi connectivity index (χ3n) is 2.08. The van der Waals surface area contributed by atoms with Gasteiger partial charge in [-0.15, -0.1) is 0 Å². The SMILES string of the molecule is NC(=O)c1cccc(Nc2nccc(N)n2)c1. The number of aromatic nitrogens is 2. The summed E-state index contributed by atoms with van der Waals surface area (Å²) in [4.78, 5) is 19.0. The third-order valence-corrected chi connectivity index (χ3v) is 2.08. The van der Waals surface area contributed by atoms with Crippen LogP contribution in [-0.4, -0.2) is 15.9 Å². The Hall–Kier alpha value is -2.63. The van der Waals surface area contributed by atoms with E-state index in [4.69, 9.17) is 11.5 Å². The van der Waals surface area contributed by atoms with Crippen LogP contribution < -0.4 is 16.8 Å². The van der Waals surface area contributed by atoms with E-state index in [1.807, 2.05) is 0 Å². The third kappa shape index (κ3) is 2.69. The van der Waals surface area contributed by atoms with E-state index in [-0.39, 0.29) is 0 Å². The molecule has 6 nitrogen and oxygen atoms in total.